The minimum absolute atomic E-state index is 0. The standard InChI is InChI=1S/C8H14F2.C8H15F.2C7H13F.C6H11F3.C6H14.CH4/c1-6-3-4-8(9,10)7(2)5-6;1-7-3-5-8(2,9)6-4-7;2*1-6-3-4-7(2,8)5-6;1-3-4-5(2)6(7,8)9;1-4-5-6(2)3;/h6-7H,3-5H2,1-2H3;7H,3-6H2,1-2H3;2*6H,3-5H2,1-2H3;5H,3-4H2,1-2H3;6H,4-5H2,1-3H3;1H4/t6-,7?;;2*6-,7?;;;/m1.11.../s1/i3D2,4D2,5D2,6D,7D;7D;3D2,4D2,5D2,6D;6D;3D2;4D2,6D;. The van der Waals surface area contributed by atoms with Gasteiger partial charge in [0.15, 0.2) is 0 Å². The van der Waals surface area contributed by atoms with Gasteiger partial charge in [0, 0.05) is 42.4 Å². The highest BCUT2D eigenvalue weighted by Gasteiger charge is 2.40. The van der Waals surface area contributed by atoms with Crippen molar-refractivity contribution >= 4 is 0 Å². The van der Waals surface area contributed by atoms with E-state index in [9.17, 15) is 35.1 Å². The predicted molar refractivity (Wildman–Crippen MR) is 206 cm³/mol. The monoisotopic (exact) mass is 775 g/mol. The van der Waals surface area contributed by atoms with Gasteiger partial charge in [0.05, 0.1) is 5.92 Å². The molecule has 0 saturated heterocycles. The van der Waals surface area contributed by atoms with Crippen molar-refractivity contribution in [3.05, 3.63) is 0 Å². The van der Waals surface area contributed by atoms with Gasteiger partial charge in [0.2, 0.25) is 0 Å². The Morgan fingerprint density at radius 1 is 0.706 bits per heavy atom. The lowest BCUT2D eigenvalue weighted by atomic mass is 9.81. The minimum atomic E-state index is -4.58. The van der Waals surface area contributed by atoms with Gasteiger partial charge in [-0.15, -0.1) is 0 Å². The van der Waals surface area contributed by atoms with Crippen molar-refractivity contribution in [2.24, 2.45) is 41.3 Å². The maximum Gasteiger partial charge on any atom is 0.391 e. The maximum atomic E-state index is 14.0. The van der Waals surface area contributed by atoms with E-state index < -0.39 is 122 Å². The zero-order valence-corrected chi connectivity index (χ0v) is 32.5. The molecule has 0 aliphatic heterocycles. The molecule has 0 amide bonds. The van der Waals surface area contributed by atoms with Crippen LogP contribution in [0.2, 0.25) is 0 Å². The summed E-state index contributed by atoms with van der Waals surface area (Å²) in [6.07, 6.45) is -22.5. The van der Waals surface area contributed by atoms with E-state index in [0.29, 0.717) is 72.1 Å². The van der Waals surface area contributed by atoms with Crippen molar-refractivity contribution in [1.29, 1.82) is 0 Å². The van der Waals surface area contributed by atoms with E-state index in [2.05, 4.69) is 0 Å². The summed E-state index contributed by atoms with van der Waals surface area (Å²) in [6.45, 7) is 16.7. The smallest absolute Gasteiger partial charge is 0.244 e. The van der Waals surface area contributed by atoms with Gasteiger partial charge in [-0.05, 0) is 133 Å². The second-order valence-corrected chi connectivity index (χ2v) is 14.4. The van der Waals surface area contributed by atoms with Crippen LogP contribution in [-0.4, -0.2) is 29.1 Å². The lowest BCUT2D eigenvalue weighted by Gasteiger charge is -2.32. The molecule has 0 aromatic rings. The lowest BCUT2D eigenvalue weighted by molar-refractivity contribution is -0.171. The fourth-order valence-corrected chi connectivity index (χ4v) is 4.54. The SMILES string of the molecule is C.[2H]C([2H])(C)CC(C)C(F)(F)F.[2H]C([2H])(C)CC([2H])(C)C.[2H]C1(C)CCC(C)(F)CC1.[2H]C1([2H])C(C)(F)C([2H])([2H])[C@]([2H])(C)C1([2H])[2H].[2H]C1([2H])C(F)(F)C([2H])(C)C([2H])([2H])[C@]([2H])(C)C1([2H])[2H].[2H][C@@]1(C)CCC(C)(F)C1. The maximum absolute atomic E-state index is 14.0. The molecule has 4 unspecified atom stereocenters. The minimum Gasteiger partial charge on any atom is -0.244 e. The van der Waals surface area contributed by atoms with E-state index in [-0.39, 0.29) is 13.3 Å². The van der Waals surface area contributed by atoms with E-state index in [0.717, 1.165) is 20.8 Å². The van der Waals surface area contributed by atoms with Crippen LogP contribution in [0.25, 0.3) is 0 Å². The molecule has 0 radical (unpaired) electrons. The van der Waals surface area contributed by atoms with E-state index in [1.807, 2.05) is 6.92 Å². The van der Waals surface area contributed by atoms with Gasteiger partial charge < -0.3 is 0 Å². The van der Waals surface area contributed by atoms with Crippen LogP contribution in [0.1, 0.15) is 236 Å². The first-order chi connectivity index (χ1) is 30.4. The average Bonchev–Trinajstić information content (AvgIpc) is 3.38. The summed E-state index contributed by atoms with van der Waals surface area (Å²) in [5.74, 6) is -16.2. The molecule has 0 bridgehead atoms. The molecule has 51 heavy (non-hydrogen) atoms. The predicted octanol–water partition coefficient (Wildman–Crippen LogP) is 17.1. The van der Waals surface area contributed by atoms with Crippen molar-refractivity contribution in [2.45, 2.75) is 235 Å². The van der Waals surface area contributed by atoms with Gasteiger partial charge in [-0.1, -0.05) is 95.8 Å². The van der Waals surface area contributed by atoms with Gasteiger partial charge in [-0.25, -0.2) is 22.0 Å². The van der Waals surface area contributed by atoms with E-state index in [1.54, 1.807) is 34.6 Å². The molecule has 4 saturated carbocycles. The Bertz CT molecular complexity index is 1500. The summed E-state index contributed by atoms with van der Waals surface area (Å²) in [5.41, 5.74) is -5.09. The third kappa shape index (κ3) is 29.5. The Morgan fingerprint density at radius 2 is 1.16 bits per heavy atom. The summed E-state index contributed by atoms with van der Waals surface area (Å²) in [5, 5.41) is 0. The van der Waals surface area contributed by atoms with Crippen molar-refractivity contribution in [1.82, 2.24) is 0 Å². The largest absolute Gasteiger partial charge is 0.391 e. The molecule has 0 heterocycles. The van der Waals surface area contributed by atoms with Crippen LogP contribution in [0.3, 0.4) is 0 Å². The summed E-state index contributed by atoms with van der Waals surface area (Å²) in [4.78, 5) is 0. The van der Waals surface area contributed by atoms with Gasteiger partial charge in [-0.3, -0.25) is 0 Å². The summed E-state index contributed by atoms with van der Waals surface area (Å²) < 4.78 is 266. The molecule has 0 N–H and O–H groups in total. The third-order valence-electron chi connectivity index (χ3n) is 7.65. The molecule has 312 valence electrons. The number of halogens is 8. The fourth-order valence-electron chi connectivity index (χ4n) is 4.54. The Balaban J connectivity index is -0.000000820. The first-order valence-electron chi connectivity index (χ1n) is 27.9. The highest BCUT2D eigenvalue weighted by molar-refractivity contribution is 4.84. The molecule has 7 atom stereocenters. The summed E-state index contributed by atoms with van der Waals surface area (Å²) in [7, 11) is 0. The Hall–Kier alpha value is -0.560. The van der Waals surface area contributed by atoms with Crippen LogP contribution in [-0.2, 0) is 0 Å². The Labute approximate surface area is 342 Å². The second kappa shape index (κ2) is 25.5. The zero-order valence-electron chi connectivity index (χ0n) is 54.5. The van der Waals surface area contributed by atoms with Crippen LogP contribution in [0, 0.1) is 41.3 Å². The second-order valence-electron chi connectivity index (χ2n) is 14.4. The Kier molecular flexibility index (Phi) is 12.8. The highest BCUT2D eigenvalue weighted by atomic mass is 19.4. The number of hydrogen-bond donors (Lipinski definition) is 0. The first kappa shape index (κ1) is 25.6. The molecule has 0 nitrogen and oxygen atoms in total. The van der Waals surface area contributed by atoms with Crippen LogP contribution in [0.4, 0.5) is 35.1 Å². The quantitative estimate of drug-likeness (QED) is 0.250. The average molecular weight is 775 g/mol. The molecule has 8 heteroatoms. The number of rotatable bonds is 4. The first-order valence-corrected chi connectivity index (χ1v) is 16.9. The molecule has 0 aromatic carbocycles. The van der Waals surface area contributed by atoms with Crippen molar-refractivity contribution in [2.75, 3.05) is 0 Å². The molecule has 4 aliphatic rings. The van der Waals surface area contributed by atoms with Crippen molar-refractivity contribution < 1.29 is 65.3 Å². The molecule has 0 aromatic heterocycles. The highest BCUT2D eigenvalue weighted by Crippen LogP contribution is 2.40. The number of alkyl halides is 8. The molecular formula is C43H84F8. The molecule has 4 aliphatic carbocycles. The van der Waals surface area contributed by atoms with Crippen LogP contribution < -0.4 is 0 Å². The number of hydrogen-bond acceptors (Lipinski definition) is 0. The molecular weight excluding hydrogens is 668 g/mol. The van der Waals surface area contributed by atoms with E-state index in [4.69, 9.17) is 30.2 Å². The fraction of sp³-hybridized carbons (Fsp3) is 1.00. The third-order valence-corrected chi connectivity index (χ3v) is 7.65. The van der Waals surface area contributed by atoms with Crippen molar-refractivity contribution in [3.63, 3.8) is 0 Å². The molecule has 4 fully saturated rings. The van der Waals surface area contributed by atoms with E-state index in [1.165, 1.54) is 6.92 Å². The van der Waals surface area contributed by atoms with Gasteiger partial charge in [-0.2, -0.15) is 13.2 Å². The topological polar surface area (TPSA) is 0 Å². The zero-order chi connectivity index (χ0) is 59.4. The van der Waals surface area contributed by atoms with Gasteiger partial charge >= 0.3 is 6.18 Å². The van der Waals surface area contributed by atoms with E-state index >= 15 is 0 Å². The normalized spacial score (nSPS) is 54.8. The van der Waals surface area contributed by atoms with Gasteiger partial charge in [0.1, 0.15) is 17.0 Å². The summed E-state index contributed by atoms with van der Waals surface area (Å²) in [6, 6.07) is 0. The van der Waals surface area contributed by atoms with Crippen LogP contribution >= 0.6 is 0 Å². The van der Waals surface area contributed by atoms with Crippen molar-refractivity contribution in [3.8, 4) is 0 Å². The summed E-state index contributed by atoms with van der Waals surface area (Å²) >= 11 is 0. The molecule has 0 spiro atoms. The van der Waals surface area contributed by atoms with Gasteiger partial charge in [0.25, 0.3) is 5.92 Å². The lowest BCUT2D eigenvalue weighted by Crippen LogP contribution is -2.32. The Morgan fingerprint density at radius 3 is 1.39 bits per heavy atom. The molecule has 4 rings (SSSR count). The van der Waals surface area contributed by atoms with Crippen LogP contribution in [0.15, 0.2) is 0 Å². The van der Waals surface area contributed by atoms with Crippen LogP contribution in [0.5, 0.6) is 0 Å².